The highest BCUT2D eigenvalue weighted by Gasteiger charge is 2.37. The predicted molar refractivity (Wildman–Crippen MR) is 154 cm³/mol. The van der Waals surface area contributed by atoms with E-state index in [4.69, 9.17) is 16.3 Å². The second-order valence-electron chi connectivity index (χ2n) is 10.2. The number of aromatic nitrogens is 1. The topological polar surface area (TPSA) is 71.5 Å². The summed E-state index contributed by atoms with van der Waals surface area (Å²) in [6, 6.07) is 13.7. The molecule has 6 nitrogen and oxygen atoms in total. The zero-order valence-electron chi connectivity index (χ0n) is 22.3. The first-order chi connectivity index (χ1) is 18.9. The summed E-state index contributed by atoms with van der Waals surface area (Å²) in [7, 11) is 1.53. The van der Waals surface area contributed by atoms with Crippen LogP contribution in [0, 0.1) is 11.6 Å². The van der Waals surface area contributed by atoms with E-state index >= 15 is 4.39 Å². The van der Waals surface area contributed by atoms with Crippen molar-refractivity contribution in [3.8, 4) is 5.75 Å². The van der Waals surface area contributed by atoms with Crippen molar-refractivity contribution >= 4 is 50.2 Å². The molecule has 0 saturated heterocycles. The fourth-order valence-electron chi connectivity index (χ4n) is 4.34. The molecule has 0 bridgehead atoms. The van der Waals surface area contributed by atoms with Gasteiger partial charge in [0.05, 0.1) is 22.7 Å². The van der Waals surface area contributed by atoms with Crippen molar-refractivity contribution in [3.63, 3.8) is 0 Å². The minimum Gasteiger partial charge on any atom is -0.497 e. The van der Waals surface area contributed by atoms with E-state index in [1.807, 2.05) is 0 Å². The number of nitrogens with one attached hydrogen (secondary N) is 1. The van der Waals surface area contributed by atoms with Gasteiger partial charge in [0.1, 0.15) is 17.6 Å². The van der Waals surface area contributed by atoms with Crippen LogP contribution in [0.25, 0.3) is 10.9 Å². The molecule has 1 atom stereocenters. The molecule has 1 aromatic heterocycles. The summed E-state index contributed by atoms with van der Waals surface area (Å²) in [5.74, 6) is -2.28. The molecule has 3 aromatic carbocycles. The third-order valence-corrected chi connectivity index (χ3v) is 7.02. The zero-order chi connectivity index (χ0) is 29.2. The maximum atomic E-state index is 15.7. The van der Waals surface area contributed by atoms with Crippen LogP contribution in [0.5, 0.6) is 5.75 Å². The summed E-state index contributed by atoms with van der Waals surface area (Å²) >= 11 is 9.69. The highest BCUT2D eigenvalue weighted by atomic mass is 79.9. The van der Waals surface area contributed by atoms with Gasteiger partial charge >= 0.3 is 0 Å². The first kappa shape index (κ1) is 29.4. The highest BCUT2D eigenvalue weighted by Crippen LogP contribution is 2.35. The number of nitrogens with zero attached hydrogens (tertiary/aromatic N) is 2. The minimum atomic E-state index is -1.41. The van der Waals surface area contributed by atoms with Gasteiger partial charge in [0.2, 0.25) is 5.91 Å². The van der Waals surface area contributed by atoms with E-state index in [0.717, 1.165) is 12.1 Å². The molecule has 1 heterocycles. The fourth-order valence-corrected chi connectivity index (χ4v) is 4.97. The average Bonchev–Trinajstić information content (AvgIpc) is 2.90. The Kier molecular flexibility index (Phi) is 8.75. The first-order valence-electron chi connectivity index (χ1n) is 12.3. The summed E-state index contributed by atoms with van der Waals surface area (Å²) in [6.45, 7) is 5.19. The van der Waals surface area contributed by atoms with E-state index < -0.39 is 35.0 Å². The van der Waals surface area contributed by atoms with Gasteiger partial charge in [-0.2, -0.15) is 0 Å². The van der Waals surface area contributed by atoms with Gasteiger partial charge in [-0.25, -0.2) is 8.78 Å². The maximum absolute atomic E-state index is 15.7. The van der Waals surface area contributed by atoms with Crippen LogP contribution >= 0.6 is 27.5 Å². The molecule has 1 N–H and O–H groups in total. The normalized spacial score (nSPS) is 12.2. The molecule has 0 spiro atoms. The van der Waals surface area contributed by atoms with Crippen LogP contribution in [0.2, 0.25) is 5.02 Å². The lowest BCUT2D eigenvalue weighted by Gasteiger charge is -2.34. The second-order valence-corrected chi connectivity index (χ2v) is 11.5. The van der Waals surface area contributed by atoms with Crippen molar-refractivity contribution in [2.45, 2.75) is 38.9 Å². The summed E-state index contributed by atoms with van der Waals surface area (Å²) in [5.41, 5.74) is 0.0629. The number of carbonyl (C=O) groups is 2. The van der Waals surface area contributed by atoms with E-state index in [-0.39, 0.29) is 32.6 Å². The molecule has 0 radical (unpaired) electrons. The van der Waals surface area contributed by atoms with E-state index in [1.54, 1.807) is 57.2 Å². The minimum absolute atomic E-state index is 0.0333. The third-order valence-electron chi connectivity index (χ3n) is 6.10. The van der Waals surface area contributed by atoms with Gasteiger partial charge < -0.3 is 15.0 Å². The number of hydrogen-bond donors (Lipinski definition) is 1. The van der Waals surface area contributed by atoms with Crippen LogP contribution in [0.4, 0.5) is 8.78 Å². The molecule has 0 aliphatic rings. The monoisotopic (exact) mass is 629 g/mol. The number of halogens is 4. The van der Waals surface area contributed by atoms with E-state index in [1.165, 1.54) is 30.3 Å². The average molecular weight is 631 g/mol. The predicted octanol–water partition coefficient (Wildman–Crippen LogP) is 7.24. The maximum Gasteiger partial charge on any atom is 0.258 e. The lowest BCUT2D eigenvalue weighted by atomic mass is 9.98. The van der Waals surface area contributed by atoms with Gasteiger partial charge in [-0.1, -0.05) is 29.8 Å². The van der Waals surface area contributed by atoms with Gasteiger partial charge in [-0.3, -0.25) is 14.6 Å². The van der Waals surface area contributed by atoms with Crippen molar-refractivity contribution < 1.29 is 23.1 Å². The lowest BCUT2D eigenvalue weighted by Crippen LogP contribution is -2.49. The number of methoxy groups -OCH3 is 1. The number of benzene rings is 3. The number of fused-ring (bicyclic) bond motifs is 1. The molecule has 40 heavy (non-hydrogen) atoms. The van der Waals surface area contributed by atoms with Gasteiger partial charge in [0.15, 0.2) is 5.82 Å². The van der Waals surface area contributed by atoms with Crippen molar-refractivity contribution in [1.82, 2.24) is 15.2 Å². The number of rotatable bonds is 7. The zero-order valence-corrected chi connectivity index (χ0v) is 24.6. The molecule has 4 rings (SSSR count). The molecule has 0 aliphatic heterocycles. The Morgan fingerprint density at radius 3 is 2.45 bits per heavy atom. The Hall–Kier alpha value is -3.56. The number of amides is 2. The molecule has 0 fully saturated rings. The van der Waals surface area contributed by atoms with Crippen molar-refractivity contribution in [3.05, 3.63) is 105 Å². The summed E-state index contributed by atoms with van der Waals surface area (Å²) in [6.07, 6.45) is 1.53. The number of carbonyl (C=O) groups excluding carboxylic acids is 2. The van der Waals surface area contributed by atoms with E-state index in [2.05, 4.69) is 26.2 Å². The highest BCUT2D eigenvalue weighted by molar-refractivity contribution is 9.10. The van der Waals surface area contributed by atoms with Crippen LogP contribution < -0.4 is 10.1 Å². The smallest absolute Gasteiger partial charge is 0.258 e. The largest absolute Gasteiger partial charge is 0.497 e. The SMILES string of the molecule is COc1ccc(CN(C(=O)c2c(F)c(Br)cc3ncccc23)C(C(=O)NC(C)(C)C)c2cc(F)ccc2Cl)cc1. The summed E-state index contributed by atoms with van der Waals surface area (Å²) < 4.78 is 35.6. The van der Waals surface area contributed by atoms with Crippen LogP contribution in [0.1, 0.15) is 48.3 Å². The Morgan fingerprint density at radius 2 is 1.80 bits per heavy atom. The van der Waals surface area contributed by atoms with E-state index in [0.29, 0.717) is 16.8 Å². The Balaban J connectivity index is 1.97. The van der Waals surface area contributed by atoms with Crippen LogP contribution in [0.15, 0.2) is 71.3 Å². The molecule has 0 saturated carbocycles. The molecule has 10 heteroatoms. The summed E-state index contributed by atoms with van der Waals surface area (Å²) in [5, 5.41) is 3.20. The Labute approximate surface area is 244 Å². The quantitative estimate of drug-likeness (QED) is 0.234. The molecule has 4 aromatic rings. The fraction of sp³-hybridized carbons (Fsp3) is 0.233. The summed E-state index contributed by atoms with van der Waals surface area (Å²) in [4.78, 5) is 33.8. The van der Waals surface area contributed by atoms with Gasteiger partial charge in [-0.05, 0) is 84.7 Å². The molecule has 208 valence electrons. The van der Waals surface area contributed by atoms with Crippen molar-refractivity contribution in [2.75, 3.05) is 7.11 Å². The molecule has 1 unspecified atom stereocenters. The molecular weight excluding hydrogens is 604 g/mol. The van der Waals surface area contributed by atoms with E-state index in [9.17, 15) is 14.0 Å². The van der Waals surface area contributed by atoms with Gasteiger partial charge in [0, 0.05) is 34.3 Å². The van der Waals surface area contributed by atoms with Crippen molar-refractivity contribution in [2.24, 2.45) is 0 Å². The Bertz CT molecular complexity index is 1580. The first-order valence-corrected chi connectivity index (χ1v) is 13.5. The molecule has 2 amide bonds. The van der Waals surface area contributed by atoms with Crippen LogP contribution in [0.3, 0.4) is 0 Å². The lowest BCUT2D eigenvalue weighted by molar-refractivity contribution is -0.127. The van der Waals surface area contributed by atoms with Crippen LogP contribution in [-0.2, 0) is 11.3 Å². The van der Waals surface area contributed by atoms with Crippen molar-refractivity contribution in [1.29, 1.82) is 0 Å². The van der Waals surface area contributed by atoms with Crippen LogP contribution in [-0.4, -0.2) is 34.3 Å². The number of ether oxygens (including phenoxy) is 1. The molecule has 0 aliphatic carbocycles. The third kappa shape index (κ3) is 6.42. The Morgan fingerprint density at radius 1 is 1.10 bits per heavy atom. The van der Waals surface area contributed by atoms with Gasteiger partial charge in [0.25, 0.3) is 5.91 Å². The number of pyridine rings is 1. The standard InChI is InChI=1S/C30H27BrClF2N3O3/c1-30(2,3)36-28(38)27(21-14-18(33)9-12-23(21)32)37(16-17-7-10-19(40-4)11-8-17)29(39)25-20-6-5-13-35-24(20)15-22(31)26(25)34/h5-15,27H,16H2,1-4H3,(H,36,38). The second kappa shape index (κ2) is 11.9. The number of hydrogen-bond acceptors (Lipinski definition) is 4. The molecular formula is C30H27BrClF2N3O3. The van der Waals surface area contributed by atoms with Gasteiger partial charge in [-0.15, -0.1) is 0 Å².